The maximum Gasteiger partial charge on any atom is 0.309 e. The molecule has 0 aromatic rings. The zero-order chi connectivity index (χ0) is 45.8. The number of allylic oxidation sites excluding steroid dienone is 1. The van der Waals surface area contributed by atoms with Gasteiger partial charge in [-0.1, -0.05) is 39.8 Å². The molecule has 17 heteroatoms. The fraction of sp³-hybridized carbons (Fsp3) is 0.935. The van der Waals surface area contributed by atoms with Gasteiger partial charge in [0.1, 0.15) is 61.0 Å². The van der Waals surface area contributed by atoms with Crippen molar-refractivity contribution in [3.05, 3.63) is 12.2 Å². The van der Waals surface area contributed by atoms with Gasteiger partial charge < -0.3 is 79.5 Å². The first-order valence-electron chi connectivity index (χ1n) is 23.4. The molecule has 0 bridgehead atoms. The van der Waals surface area contributed by atoms with E-state index in [9.17, 15) is 55.9 Å². The van der Waals surface area contributed by atoms with E-state index in [1.807, 2.05) is 6.92 Å². The third-order valence-electron chi connectivity index (χ3n) is 18.9. The highest BCUT2D eigenvalue weighted by Gasteiger charge is 2.73. The molecule has 63 heavy (non-hydrogen) atoms. The molecule has 3 saturated heterocycles. The first kappa shape index (κ1) is 48.1. The Labute approximate surface area is 369 Å². The molecular formula is C46H74O17. The largest absolute Gasteiger partial charge is 0.481 e. The zero-order valence-electron chi connectivity index (χ0n) is 37.4. The predicted octanol–water partition coefficient (Wildman–Crippen LogP) is 0.813. The van der Waals surface area contributed by atoms with Crippen molar-refractivity contribution in [2.75, 3.05) is 26.4 Å². The smallest absolute Gasteiger partial charge is 0.309 e. The lowest BCUT2D eigenvalue weighted by Gasteiger charge is -2.73. The van der Waals surface area contributed by atoms with Crippen LogP contribution in [0.15, 0.2) is 12.2 Å². The van der Waals surface area contributed by atoms with E-state index >= 15 is 0 Å². The molecule has 8 rings (SSSR count). The van der Waals surface area contributed by atoms with Crippen molar-refractivity contribution in [2.45, 2.75) is 185 Å². The number of ether oxygens (including phenoxy) is 6. The molecule has 0 amide bonds. The summed E-state index contributed by atoms with van der Waals surface area (Å²) in [5.41, 5.74) is -1.01. The zero-order valence-corrected chi connectivity index (χ0v) is 37.4. The monoisotopic (exact) mass is 898 g/mol. The molecule has 3 aliphatic heterocycles. The maximum atomic E-state index is 13.1. The topological polar surface area (TPSA) is 275 Å². The van der Waals surface area contributed by atoms with Gasteiger partial charge in [0.2, 0.25) is 0 Å². The van der Waals surface area contributed by atoms with Gasteiger partial charge >= 0.3 is 5.97 Å². The average molecular weight is 899 g/mol. The fourth-order valence-corrected chi connectivity index (χ4v) is 15.6. The standard InChI is InChI=1S/C46H74O17/c1-21(2)22-9-14-45(41(56)57)15-16-46(20-48)23(30(22)45)7-8-28-43(5)12-11-29(42(3,4)27(43)10-13-44(28,46)6)61-40-35(55)37(32(52)26(17-47)60-40)63-39-34(54)36(25(50)19-59-39)62-38-33(53)31(51)24(49)18-58-38/h22-40,47-55H,1,7-20H2,2-6H3,(H,56,57). The summed E-state index contributed by atoms with van der Waals surface area (Å²) < 4.78 is 35.3. The lowest BCUT2D eigenvalue weighted by molar-refractivity contribution is -0.372. The van der Waals surface area contributed by atoms with Gasteiger partial charge in [0.15, 0.2) is 18.9 Å². The minimum Gasteiger partial charge on any atom is -0.481 e. The normalized spacial score (nSPS) is 54.3. The molecule has 3 heterocycles. The average Bonchev–Trinajstić information content (AvgIpc) is 3.65. The molecule has 23 unspecified atom stereocenters. The Morgan fingerprint density at radius 1 is 0.683 bits per heavy atom. The molecule has 0 aromatic heterocycles. The van der Waals surface area contributed by atoms with E-state index in [2.05, 4.69) is 34.3 Å². The molecule has 0 radical (unpaired) electrons. The molecule has 23 atom stereocenters. The van der Waals surface area contributed by atoms with Crippen LogP contribution >= 0.6 is 0 Å². The molecule has 17 nitrogen and oxygen atoms in total. The number of fused-ring (bicyclic) bond motifs is 7. The van der Waals surface area contributed by atoms with Crippen molar-refractivity contribution < 1.29 is 84.3 Å². The fourth-order valence-electron chi connectivity index (χ4n) is 15.6. The summed E-state index contributed by atoms with van der Waals surface area (Å²) in [7, 11) is 0. The highest BCUT2D eigenvalue weighted by Crippen LogP contribution is 2.77. The second-order valence-electron chi connectivity index (χ2n) is 21.9. The van der Waals surface area contributed by atoms with E-state index < -0.39 is 121 Å². The second kappa shape index (κ2) is 17.3. The quantitative estimate of drug-likeness (QED) is 0.107. The van der Waals surface area contributed by atoms with Crippen molar-refractivity contribution in [2.24, 2.45) is 56.7 Å². The van der Waals surface area contributed by atoms with E-state index in [-0.39, 0.29) is 53.6 Å². The van der Waals surface area contributed by atoms with E-state index in [1.54, 1.807) is 0 Å². The lowest BCUT2D eigenvalue weighted by atomic mass is 9.32. The summed E-state index contributed by atoms with van der Waals surface area (Å²) in [4.78, 5) is 13.1. The molecule has 0 spiro atoms. The molecule has 10 N–H and O–H groups in total. The van der Waals surface area contributed by atoms with Gasteiger partial charge in [-0.15, -0.1) is 0 Å². The predicted molar refractivity (Wildman–Crippen MR) is 220 cm³/mol. The van der Waals surface area contributed by atoms with E-state index in [0.717, 1.165) is 44.1 Å². The summed E-state index contributed by atoms with van der Waals surface area (Å²) in [6.45, 7) is 14.1. The SMILES string of the molecule is C=C(C)C1CCC2(C(=O)O)CCC3(CO)C(CCC4C5(C)CCC(OC6OC(CO)C(O)C(OC7OCC(O)C(OC8OCC(O)C(O)C8O)C7O)C6O)C(C)(C)C5CCC43C)C12. The van der Waals surface area contributed by atoms with E-state index in [1.165, 1.54) is 0 Å². The third kappa shape index (κ3) is 7.32. The molecule has 8 fully saturated rings. The van der Waals surface area contributed by atoms with Crippen LogP contribution in [0.3, 0.4) is 0 Å². The summed E-state index contributed by atoms with van der Waals surface area (Å²) in [5, 5.41) is 108. The van der Waals surface area contributed by atoms with Gasteiger partial charge in [-0.25, -0.2) is 0 Å². The van der Waals surface area contributed by atoms with Gasteiger partial charge in [0, 0.05) is 12.0 Å². The van der Waals surface area contributed by atoms with Crippen LogP contribution in [0.4, 0.5) is 0 Å². The van der Waals surface area contributed by atoms with Crippen LogP contribution in [0.25, 0.3) is 0 Å². The Morgan fingerprint density at radius 3 is 1.98 bits per heavy atom. The number of carbonyl (C=O) groups is 1. The molecule has 360 valence electrons. The van der Waals surface area contributed by atoms with Crippen LogP contribution in [0.2, 0.25) is 0 Å². The Kier molecular flexibility index (Phi) is 13.2. The molecule has 5 saturated carbocycles. The number of aliphatic carboxylic acids is 1. The van der Waals surface area contributed by atoms with Crippen molar-refractivity contribution in [3.8, 4) is 0 Å². The van der Waals surface area contributed by atoms with Gasteiger partial charge in [0.05, 0.1) is 31.3 Å². The molecule has 8 aliphatic rings. The number of aliphatic hydroxyl groups excluding tert-OH is 9. The number of hydrogen-bond donors (Lipinski definition) is 10. The second-order valence-corrected chi connectivity index (χ2v) is 21.9. The van der Waals surface area contributed by atoms with Crippen molar-refractivity contribution >= 4 is 5.97 Å². The van der Waals surface area contributed by atoms with Crippen LogP contribution in [0.1, 0.15) is 98.8 Å². The summed E-state index contributed by atoms with van der Waals surface area (Å²) in [6, 6.07) is 0. The number of carboxylic acids is 1. The maximum absolute atomic E-state index is 13.1. The summed E-state index contributed by atoms with van der Waals surface area (Å²) >= 11 is 0. The number of carboxylic acid groups (broad SMARTS) is 1. The Bertz CT molecular complexity index is 1680. The van der Waals surface area contributed by atoms with Crippen LogP contribution in [-0.2, 0) is 33.2 Å². The molecular weight excluding hydrogens is 824 g/mol. The highest BCUT2D eigenvalue weighted by atomic mass is 16.7. The van der Waals surface area contributed by atoms with E-state index in [4.69, 9.17) is 28.4 Å². The first-order valence-corrected chi connectivity index (χ1v) is 23.4. The Balaban J connectivity index is 0.982. The minimum atomic E-state index is -1.76. The number of aliphatic hydroxyl groups is 9. The Hall–Kier alpha value is -1.39. The Morgan fingerprint density at radius 2 is 1.33 bits per heavy atom. The highest BCUT2D eigenvalue weighted by molar-refractivity contribution is 5.76. The third-order valence-corrected chi connectivity index (χ3v) is 18.9. The minimum absolute atomic E-state index is 0.0259. The molecule has 5 aliphatic carbocycles. The van der Waals surface area contributed by atoms with Crippen molar-refractivity contribution in [3.63, 3.8) is 0 Å². The van der Waals surface area contributed by atoms with Crippen LogP contribution in [0, 0.1) is 56.7 Å². The molecule has 0 aromatic carbocycles. The number of rotatable bonds is 10. The van der Waals surface area contributed by atoms with Crippen LogP contribution in [0.5, 0.6) is 0 Å². The van der Waals surface area contributed by atoms with Crippen LogP contribution < -0.4 is 0 Å². The van der Waals surface area contributed by atoms with Gasteiger partial charge in [-0.05, 0) is 117 Å². The van der Waals surface area contributed by atoms with Gasteiger partial charge in [-0.3, -0.25) is 4.79 Å². The van der Waals surface area contributed by atoms with E-state index in [0.29, 0.717) is 25.7 Å². The summed E-state index contributed by atoms with van der Waals surface area (Å²) in [6.07, 6.45) is -12.6. The first-order chi connectivity index (χ1) is 29.6. The number of hydrogen-bond acceptors (Lipinski definition) is 16. The van der Waals surface area contributed by atoms with Crippen molar-refractivity contribution in [1.29, 1.82) is 0 Å². The van der Waals surface area contributed by atoms with Crippen LogP contribution in [-0.4, -0.2) is 169 Å². The van der Waals surface area contributed by atoms with Crippen molar-refractivity contribution in [1.82, 2.24) is 0 Å². The van der Waals surface area contributed by atoms with Gasteiger partial charge in [0.25, 0.3) is 0 Å². The lowest BCUT2D eigenvalue weighted by Crippen LogP contribution is -2.69. The van der Waals surface area contributed by atoms with Gasteiger partial charge in [-0.2, -0.15) is 0 Å². The summed E-state index contributed by atoms with van der Waals surface area (Å²) in [5.74, 6) is -0.137.